The van der Waals surface area contributed by atoms with E-state index in [1.165, 1.54) is 16.9 Å². The van der Waals surface area contributed by atoms with Gasteiger partial charge in [-0.2, -0.15) is 9.61 Å². The Morgan fingerprint density at radius 3 is 2.57 bits per heavy atom. The molecule has 0 saturated heterocycles. The van der Waals surface area contributed by atoms with Crippen molar-refractivity contribution in [3.63, 3.8) is 0 Å². The minimum Gasteiger partial charge on any atom is -0.484 e. The van der Waals surface area contributed by atoms with Gasteiger partial charge in [0.1, 0.15) is 17.1 Å². The molecule has 2 heterocycles. The summed E-state index contributed by atoms with van der Waals surface area (Å²) in [5.41, 5.74) is 2.90. The summed E-state index contributed by atoms with van der Waals surface area (Å²) in [6.07, 6.45) is 1.57. The monoisotopic (exact) mass is 393 g/mol. The first-order chi connectivity index (χ1) is 13.6. The largest absolute Gasteiger partial charge is 0.484 e. The number of amides is 1. The van der Waals surface area contributed by atoms with Gasteiger partial charge in [0.05, 0.1) is 0 Å². The van der Waals surface area contributed by atoms with Gasteiger partial charge in [-0.1, -0.05) is 37.3 Å². The van der Waals surface area contributed by atoms with E-state index in [-0.39, 0.29) is 12.5 Å². The van der Waals surface area contributed by atoms with Crippen molar-refractivity contribution in [3.8, 4) is 16.3 Å². The van der Waals surface area contributed by atoms with E-state index in [2.05, 4.69) is 34.5 Å². The molecule has 8 heteroatoms. The van der Waals surface area contributed by atoms with Crippen LogP contribution in [0.4, 0.5) is 5.69 Å². The molecule has 0 bridgehead atoms. The maximum Gasteiger partial charge on any atom is 0.262 e. The Balaban J connectivity index is 1.33. The average molecular weight is 393 g/mol. The first-order valence-electron chi connectivity index (χ1n) is 8.88. The van der Waals surface area contributed by atoms with E-state index in [1.807, 2.05) is 48.5 Å². The number of anilines is 1. The van der Waals surface area contributed by atoms with Gasteiger partial charge < -0.3 is 10.1 Å². The van der Waals surface area contributed by atoms with Crippen LogP contribution in [-0.4, -0.2) is 32.3 Å². The number of rotatable bonds is 6. The van der Waals surface area contributed by atoms with Gasteiger partial charge in [0, 0.05) is 11.3 Å². The van der Waals surface area contributed by atoms with E-state index in [9.17, 15) is 4.79 Å². The van der Waals surface area contributed by atoms with Crippen molar-refractivity contribution < 1.29 is 9.53 Å². The molecule has 0 aliphatic rings. The first kappa shape index (κ1) is 18.1. The van der Waals surface area contributed by atoms with Crippen LogP contribution < -0.4 is 10.1 Å². The third-order valence-corrected chi connectivity index (χ3v) is 5.18. The number of carbonyl (C=O) groups is 1. The Bertz CT molecular complexity index is 1060. The molecule has 0 spiro atoms. The minimum absolute atomic E-state index is 0.0422. The summed E-state index contributed by atoms with van der Waals surface area (Å²) in [5, 5.41) is 15.9. The molecule has 0 aliphatic carbocycles. The van der Waals surface area contributed by atoms with Crippen molar-refractivity contribution >= 4 is 27.9 Å². The van der Waals surface area contributed by atoms with Crippen LogP contribution in [0.2, 0.25) is 0 Å². The van der Waals surface area contributed by atoms with Gasteiger partial charge in [-0.25, -0.2) is 0 Å². The summed E-state index contributed by atoms with van der Waals surface area (Å²) in [6.45, 7) is 4.23. The topological polar surface area (TPSA) is 81.4 Å². The number of carbonyl (C=O) groups excluding carboxylic acids is 1. The Kier molecular flexibility index (Phi) is 5.03. The van der Waals surface area contributed by atoms with E-state index in [0.29, 0.717) is 17.4 Å². The highest BCUT2D eigenvalue weighted by Crippen LogP contribution is 2.25. The summed E-state index contributed by atoms with van der Waals surface area (Å²) in [5.74, 6) is 0.935. The lowest BCUT2D eigenvalue weighted by Crippen LogP contribution is -2.20. The number of nitrogens with one attached hydrogen (secondary N) is 1. The lowest BCUT2D eigenvalue weighted by atomic mass is 10.0. The highest BCUT2D eigenvalue weighted by atomic mass is 32.1. The molecule has 4 aromatic rings. The molecule has 0 aliphatic heterocycles. The van der Waals surface area contributed by atoms with Gasteiger partial charge in [-0.15, -0.1) is 10.2 Å². The van der Waals surface area contributed by atoms with Crippen LogP contribution in [0.15, 0.2) is 54.9 Å². The fourth-order valence-corrected chi connectivity index (χ4v) is 3.49. The number of aromatic nitrogens is 4. The highest BCUT2D eigenvalue weighted by molar-refractivity contribution is 7.19. The van der Waals surface area contributed by atoms with Crippen LogP contribution in [0.1, 0.15) is 25.3 Å². The number of fused-ring (bicyclic) bond motifs is 1. The van der Waals surface area contributed by atoms with E-state index >= 15 is 0 Å². The summed E-state index contributed by atoms with van der Waals surface area (Å²) in [6, 6.07) is 15.3. The number of benzene rings is 2. The molecule has 28 heavy (non-hydrogen) atoms. The Hall–Kier alpha value is -3.26. The first-order valence-corrected chi connectivity index (χ1v) is 9.70. The summed E-state index contributed by atoms with van der Waals surface area (Å²) >= 11 is 1.46. The van der Waals surface area contributed by atoms with Gasteiger partial charge >= 0.3 is 0 Å². The predicted octanol–water partition coefficient (Wildman–Crippen LogP) is 3.99. The molecule has 2 aromatic carbocycles. The van der Waals surface area contributed by atoms with Crippen LogP contribution in [0.25, 0.3) is 15.5 Å². The van der Waals surface area contributed by atoms with E-state index in [1.54, 1.807) is 10.8 Å². The van der Waals surface area contributed by atoms with Gasteiger partial charge in [-0.3, -0.25) is 4.79 Å². The van der Waals surface area contributed by atoms with E-state index < -0.39 is 0 Å². The molecule has 1 N–H and O–H groups in total. The average Bonchev–Trinajstić information content (AvgIpc) is 3.29. The third-order valence-electron chi connectivity index (χ3n) is 4.22. The van der Waals surface area contributed by atoms with Crippen molar-refractivity contribution in [1.82, 2.24) is 19.8 Å². The maximum atomic E-state index is 12.1. The van der Waals surface area contributed by atoms with E-state index in [0.717, 1.165) is 15.5 Å². The fourth-order valence-electron chi connectivity index (χ4n) is 2.67. The molecule has 142 valence electrons. The molecule has 7 nitrogen and oxygen atoms in total. The summed E-state index contributed by atoms with van der Waals surface area (Å²) < 4.78 is 7.20. The highest BCUT2D eigenvalue weighted by Gasteiger charge is 2.09. The third kappa shape index (κ3) is 4.01. The van der Waals surface area contributed by atoms with Gasteiger partial charge in [-0.05, 0) is 47.9 Å². The number of hydrogen-bond donors (Lipinski definition) is 1. The second-order valence-electron chi connectivity index (χ2n) is 6.60. The zero-order chi connectivity index (χ0) is 19.5. The van der Waals surface area contributed by atoms with Crippen LogP contribution in [0, 0.1) is 0 Å². The van der Waals surface area contributed by atoms with Crippen LogP contribution >= 0.6 is 11.3 Å². The lowest BCUT2D eigenvalue weighted by Gasteiger charge is -2.09. The molecular weight excluding hydrogens is 374 g/mol. The Morgan fingerprint density at radius 1 is 1.14 bits per heavy atom. The quantitative estimate of drug-likeness (QED) is 0.536. The second-order valence-corrected chi connectivity index (χ2v) is 7.56. The summed E-state index contributed by atoms with van der Waals surface area (Å²) in [4.78, 5) is 12.9. The molecule has 0 saturated carbocycles. The number of hydrogen-bond acceptors (Lipinski definition) is 6. The fraction of sp³-hybridized carbons (Fsp3) is 0.200. The molecule has 1 amide bonds. The van der Waals surface area contributed by atoms with E-state index in [4.69, 9.17) is 4.74 Å². The molecule has 0 unspecified atom stereocenters. The lowest BCUT2D eigenvalue weighted by molar-refractivity contribution is -0.118. The zero-order valence-corrected chi connectivity index (χ0v) is 16.3. The van der Waals surface area contributed by atoms with Crippen LogP contribution in [0.3, 0.4) is 0 Å². The summed E-state index contributed by atoms with van der Waals surface area (Å²) in [7, 11) is 0. The van der Waals surface area contributed by atoms with Crippen LogP contribution in [-0.2, 0) is 4.79 Å². The van der Waals surface area contributed by atoms with Gasteiger partial charge in [0.25, 0.3) is 5.91 Å². The van der Waals surface area contributed by atoms with Crippen molar-refractivity contribution in [2.75, 3.05) is 11.9 Å². The smallest absolute Gasteiger partial charge is 0.262 e. The molecular formula is C20H19N5O2S. The standard InChI is InChI=1S/C20H19N5O2S/c1-13(2)14-5-9-17(10-6-14)27-11-18(26)22-16-7-3-15(4-8-16)19-24-25-12-21-23-20(25)28-19/h3-10,12-13H,11H2,1-2H3,(H,22,26). The molecule has 0 atom stereocenters. The van der Waals surface area contributed by atoms with Crippen molar-refractivity contribution in [2.45, 2.75) is 19.8 Å². The minimum atomic E-state index is -0.209. The molecule has 4 rings (SSSR count). The zero-order valence-electron chi connectivity index (χ0n) is 15.5. The second kappa shape index (κ2) is 7.77. The van der Waals surface area contributed by atoms with Gasteiger partial charge in [0.15, 0.2) is 6.61 Å². The maximum absolute atomic E-state index is 12.1. The number of nitrogens with zero attached hydrogens (tertiary/aromatic N) is 4. The Morgan fingerprint density at radius 2 is 1.89 bits per heavy atom. The van der Waals surface area contributed by atoms with Crippen molar-refractivity contribution in [2.24, 2.45) is 0 Å². The number of ether oxygens (including phenoxy) is 1. The molecule has 0 fully saturated rings. The van der Waals surface area contributed by atoms with Crippen molar-refractivity contribution in [3.05, 3.63) is 60.4 Å². The predicted molar refractivity (Wildman–Crippen MR) is 109 cm³/mol. The van der Waals surface area contributed by atoms with Gasteiger partial charge in [0.2, 0.25) is 4.96 Å². The molecule has 2 aromatic heterocycles. The normalized spacial score (nSPS) is 11.1. The molecule has 0 radical (unpaired) electrons. The van der Waals surface area contributed by atoms with Crippen molar-refractivity contribution in [1.29, 1.82) is 0 Å². The SMILES string of the molecule is CC(C)c1ccc(OCC(=O)Nc2ccc(-c3nn4cnnc4s3)cc2)cc1. The Labute approximate surface area is 166 Å². The van der Waals surface area contributed by atoms with Crippen LogP contribution in [0.5, 0.6) is 5.75 Å².